The van der Waals surface area contributed by atoms with E-state index in [0.717, 1.165) is 24.1 Å². The number of ether oxygens (including phenoxy) is 1. The second-order valence-corrected chi connectivity index (χ2v) is 10.8. The van der Waals surface area contributed by atoms with Crippen LogP contribution in [-0.2, 0) is 20.9 Å². The lowest BCUT2D eigenvalue weighted by atomic mass is 9.79. The minimum absolute atomic E-state index is 0.0250. The van der Waals surface area contributed by atoms with Crippen molar-refractivity contribution in [2.45, 2.75) is 69.5 Å². The van der Waals surface area contributed by atoms with Gasteiger partial charge < -0.3 is 20.1 Å². The maximum absolute atomic E-state index is 13.6. The van der Waals surface area contributed by atoms with Crippen molar-refractivity contribution in [3.63, 3.8) is 0 Å². The summed E-state index contributed by atoms with van der Waals surface area (Å²) in [5, 5.41) is 12.3. The Hall–Kier alpha value is -1.97. The van der Waals surface area contributed by atoms with Gasteiger partial charge >= 0.3 is 5.97 Å². The monoisotopic (exact) mass is 477 g/mol. The standard InChI is InChI=1S/C24H35N3O5S/c1-32-14-13-27-21(28)19(15-17-5-3-2-4-6-17)25-23(31)24(27)9-11-26(12-10-24)16-18-7-8-20(33-18)22(29)30/h7-8,17,19H,2-6,9-16H2,1H3,(H,25,31)(H,29,30). The molecule has 4 rings (SSSR count). The molecular weight excluding hydrogens is 442 g/mol. The number of carbonyl (C=O) groups excluding carboxylic acids is 2. The molecule has 3 heterocycles. The Bertz CT molecular complexity index is 858. The van der Waals surface area contributed by atoms with Gasteiger partial charge in [0.15, 0.2) is 0 Å². The number of rotatable bonds is 8. The summed E-state index contributed by atoms with van der Waals surface area (Å²) in [6.45, 7) is 2.85. The number of hydrogen-bond acceptors (Lipinski definition) is 6. The Balaban J connectivity index is 1.43. The van der Waals surface area contributed by atoms with E-state index in [9.17, 15) is 14.4 Å². The number of carbonyl (C=O) groups is 3. The summed E-state index contributed by atoms with van der Waals surface area (Å²) < 4.78 is 5.29. The molecule has 1 aliphatic carbocycles. The Morgan fingerprint density at radius 1 is 1.21 bits per heavy atom. The predicted octanol–water partition coefficient (Wildman–Crippen LogP) is 2.72. The summed E-state index contributed by atoms with van der Waals surface area (Å²) in [6.07, 6.45) is 7.86. The van der Waals surface area contributed by atoms with Gasteiger partial charge in [-0.15, -0.1) is 11.3 Å². The minimum Gasteiger partial charge on any atom is -0.477 e. The van der Waals surface area contributed by atoms with Crippen molar-refractivity contribution in [2.75, 3.05) is 33.4 Å². The largest absolute Gasteiger partial charge is 0.477 e. The highest BCUT2D eigenvalue weighted by Crippen LogP contribution is 2.36. The number of piperazine rings is 1. The maximum Gasteiger partial charge on any atom is 0.345 e. The number of piperidine rings is 1. The molecule has 2 aliphatic heterocycles. The van der Waals surface area contributed by atoms with Gasteiger partial charge in [-0.3, -0.25) is 14.5 Å². The zero-order chi connectivity index (χ0) is 23.4. The number of nitrogens with zero attached hydrogens (tertiary/aromatic N) is 2. The van der Waals surface area contributed by atoms with E-state index in [1.165, 1.54) is 30.6 Å². The fraction of sp³-hybridized carbons (Fsp3) is 0.708. The second-order valence-electron chi connectivity index (χ2n) is 9.63. The highest BCUT2D eigenvalue weighted by molar-refractivity contribution is 7.13. The van der Waals surface area contributed by atoms with Crippen LogP contribution in [0.5, 0.6) is 0 Å². The van der Waals surface area contributed by atoms with Gasteiger partial charge in [0.2, 0.25) is 11.8 Å². The van der Waals surface area contributed by atoms with Gasteiger partial charge in [0, 0.05) is 38.2 Å². The van der Waals surface area contributed by atoms with Gasteiger partial charge in [-0.25, -0.2) is 4.79 Å². The summed E-state index contributed by atoms with van der Waals surface area (Å²) in [5.41, 5.74) is -0.823. The van der Waals surface area contributed by atoms with Crippen LogP contribution in [0, 0.1) is 5.92 Å². The number of methoxy groups -OCH3 is 1. The number of likely N-dealkylation sites (tertiary alicyclic amines) is 1. The van der Waals surface area contributed by atoms with Crippen LogP contribution in [0.1, 0.15) is 65.9 Å². The van der Waals surface area contributed by atoms with E-state index in [0.29, 0.717) is 56.4 Å². The van der Waals surface area contributed by atoms with E-state index in [-0.39, 0.29) is 11.8 Å². The highest BCUT2D eigenvalue weighted by Gasteiger charge is 2.53. The Morgan fingerprint density at radius 3 is 2.58 bits per heavy atom. The third kappa shape index (κ3) is 5.25. The van der Waals surface area contributed by atoms with Crippen molar-refractivity contribution in [1.29, 1.82) is 0 Å². The normalized spacial score (nSPS) is 24.3. The molecule has 9 heteroatoms. The molecule has 2 amide bonds. The number of carboxylic acids is 1. The van der Waals surface area contributed by atoms with Crippen LogP contribution in [-0.4, -0.2) is 77.6 Å². The van der Waals surface area contributed by atoms with Crippen LogP contribution < -0.4 is 5.32 Å². The number of aromatic carboxylic acids is 1. The van der Waals surface area contributed by atoms with Gasteiger partial charge in [-0.1, -0.05) is 32.1 Å². The first-order chi connectivity index (χ1) is 15.9. The van der Waals surface area contributed by atoms with Crippen molar-refractivity contribution in [2.24, 2.45) is 5.92 Å². The van der Waals surface area contributed by atoms with E-state index in [4.69, 9.17) is 9.84 Å². The fourth-order valence-corrected chi connectivity index (χ4v) is 6.56. The molecule has 3 fully saturated rings. The summed E-state index contributed by atoms with van der Waals surface area (Å²) >= 11 is 1.29. The third-order valence-corrected chi connectivity index (χ3v) is 8.61. The molecule has 1 aromatic heterocycles. The molecule has 3 aliphatic rings. The summed E-state index contributed by atoms with van der Waals surface area (Å²) in [6, 6.07) is 3.07. The Labute approximate surface area is 199 Å². The lowest BCUT2D eigenvalue weighted by Crippen LogP contribution is -2.73. The van der Waals surface area contributed by atoms with Gasteiger partial charge in [-0.2, -0.15) is 0 Å². The third-order valence-electron chi connectivity index (χ3n) is 7.56. The van der Waals surface area contributed by atoms with Crippen LogP contribution in [0.25, 0.3) is 0 Å². The van der Waals surface area contributed by atoms with Crippen molar-refractivity contribution in [3.8, 4) is 0 Å². The van der Waals surface area contributed by atoms with Gasteiger partial charge in [0.1, 0.15) is 16.5 Å². The van der Waals surface area contributed by atoms with Crippen LogP contribution >= 0.6 is 11.3 Å². The number of hydrogen-bond donors (Lipinski definition) is 2. The average molecular weight is 478 g/mol. The van der Waals surface area contributed by atoms with Gasteiger partial charge in [0.25, 0.3) is 0 Å². The molecule has 1 atom stereocenters. The second kappa shape index (κ2) is 10.5. The van der Waals surface area contributed by atoms with E-state index in [2.05, 4.69) is 10.2 Å². The molecule has 0 radical (unpaired) electrons. The van der Waals surface area contributed by atoms with Gasteiger partial charge in [0.05, 0.1) is 6.61 Å². The molecule has 1 aromatic rings. The van der Waals surface area contributed by atoms with Crippen LogP contribution in [0.2, 0.25) is 0 Å². The van der Waals surface area contributed by atoms with Crippen molar-refractivity contribution in [3.05, 3.63) is 21.9 Å². The minimum atomic E-state index is -0.905. The first kappa shape index (κ1) is 24.2. The molecular formula is C24H35N3O5S. The lowest BCUT2D eigenvalue weighted by molar-refractivity contribution is -0.162. The van der Waals surface area contributed by atoms with Crippen molar-refractivity contribution in [1.82, 2.24) is 15.1 Å². The first-order valence-electron chi connectivity index (χ1n) is 12.1. The van der Waals surface area contributed by atoms with Crippen LogP contribution in [0.3, 0.4) is 0 Å². The molecule has 1 spiro atoms. The Kier molecular flexibility index (Phi) is 7.71. The summed E-state index contributed by atoms with van der Waals surface area (Å²) in [5.74, 6) is -0.384. The van der Waals surface area contributed by atoms with Gasteiger partial charge in [-0.05, 0) is 37.3 Å². The number of thiophene rings is 1. The van der Waals surface area contributed by atoms with E-state index in [1.54, 1.807) is 13.2 Å². The van der Waals surface area contributed by atoms with Crippen molar-refractivity contribution < 1.29 is 24.2 Å². The predicted molar refractivity (Wildman–Crippen MR) is 125 cm³/mol. The van der Waals surface area contributed by atoms with Crippen LogP contribution in [0.4, 0.5) is 0 Å². The zero-order valence-corrected chi connectivity index (χ0v) is 20.2. The van der Waals surface area contributed by atoms with E-state index < -0.39 is 17.6 Å². The highest BCUT2D eigenvalue weighted by atomic mass is 32.1. The number of amides is 2. The molecule has 2 N–H and O–H groups in total. The first-order valence-corrected chi connectivity index (χ1v) is 12.9. The van der Waals surface area contributed by atoms with Crippen molar-refractivity contribution >= 4 is 29.1 Å². The molecule has 2 saturated heterocycles. The molecule has 1 unspecified atom stereocenters. The van der Waals surface area contributed by atoms with E-state index >= 15 is 0 Å². The SMILES string of the molecule is COCCN1C(=O)C(CC2CCCCC2)NC(=O)C12CCN(Cc1ccc(C(=O)O)s1)CC2. The van der Waals surface area contributed by atoms with Crippen LogP contribution in [0.15, 0.2) is 12.1 Å². The summed E-state index contributed by atoms with van der Waals surface area (Å²) in [7, 11) is 1.62. The topological polar surface area (TPSA) is 99.2 Å². The lowest BCUT2D eigenvalue weighted by Gasteiger charge is -2.52. The number of nitrogens with one attached hydrogen (secondary N) is 1. The quantitative estimate of drug-likeness (QED) is 0.597. The molecule has 8 nitrogen and oxygen atoms in total. The molecule has 182 valence electrons. The fourth-order valence-electron chi connectivity index (χ4n) is 5.67. The maximum atomic E-state index is 13.6. The molecule has 0 aromatic carbocycles. The molecule has 33 heavy (non-hydrogen) atoms. The smallest absolute Gasteiger partial charge is 0.345 e. The zero-order valence-electron chi connectivity index (χ0n) is 19.4. The molecule has 1 saturated carbocycles. The molecule has 0 bridgehead atoms. The van der Waals surface area contributed by atoms with E-state index in [1.807, 2.05) is 11.0 Å². The average Bonchev–Trinajstić information content (AvgIpc) is 3.28. The number of carboxylic acid groups (broad SMARTS) is 1. The summed E-state index contributed by atoms with van der Waals surface area (Å²) in [4.78, 5) is 43.6. The Morgan fingerprint density at radius 2 is 1.94 bits per heavy atom.